The Labute approximate surface area is 139 Å². The van der Waals surface area contributed by atoms with Crippen molar-refractivity contribution < 1.29 is 9.51 Å². The quantitative estimate of drug-likeness (QED) is 0.424. The van der Waals surface area contributed by atoms with Crippen molar-refractivity contribution in [3.05, 3.63) is 51.1 Å². The van der Waals surface area contributed by atoms with E-state index < -0.39 is 0 Å². The van der Waals surface area contributed by atoms with Gasteiger partial charge in [0.05, 0.1) is 10.8 Å². The van der Waals surface area contributed by atoms with Gasteiger partial charge in [-0.3, -0.25) is 5.84 Å². The molecule has 1 aromatic carbocycles. The van der Waals surface area contributed by atoms with E-state index in [2.05, 4.69) is 0 Å². The second-order valence-electron chi connectivity index (χ2n) is 5.36. The summed E-state index contributed by atoms with van der Waals surface area (Å²) in [5.74, 6) is 5.84. The Kier molecular flexibility index (Phi) is 2.97. The number of nitrogens with zero attached hydrogens (tertiary/aromatic N) is 2. The third-order valence-electron chi connectivity index (χ3n) is 4.03. The SMILES string of the molecule is Cc1sc2c(c1C)c(=O)n(N)c1sc(-c3ccccc3)c([O-])[n+]21. The Morgan fingerprint density at radius 3 is 2.57 bits per heavy atom. The minimum atomic E-state index is -0.261. The van der Waals surface area contributed by atoms with Crippen LogP contribution in [0.3, 0.4) is 0 Å². The van der Waals surface area contributed by atoms with E-state index >= 15 is 0 Å². The molecule has 0 aliphatic heterocycles. The van der Waals surface area contributed by atoms with Crippen LogP contribution in [0.4, 0.5) is 0 Å². The largest absolute Gasteiger partial charge is 0.841 e. The standard InChI is InChI=1S/C16H13N3O2S2/c1-8-9(2)22-15-11(8)13(20)19(17)16-18(15)14(21)12(23-16)10-6-4-3-5-7-10/h3-7H,17H2,1-2H3. The average Bonchev–Trinajstić information content (AvgIpc) is 3.04. The summed E-state index contributed by atoms with van der Waals surface area (Å²) in [5.41, 5.74) is 1.45. The van der Waals surface area contributed by atoms with Gasteiger partial charge in [-0.15, -0.1) is 0 Å². The molecule has 0 unspecified atom stereocenters. The highest BCUT2D eigenvalue weighted by molar-refractivity contribution is 7.20. The minimum Gasteiger partial charge on any atom is -0.841 e. The van der Waals surface area contributed by atoms with Crippen molar-refractivity contribution in [1.82, 2.24) is 4.68 Å². The number of benzene rings is 1. The zero-order chi connectivity index (χ0) is 16.3. The maximum absolute atomic E-state index is 12.9. The highest BCUT2D eigenvalue weighted by atomic mass is 32.1. The molecule has 7 heteroatoms. The van der Waals surface area contributed by atoms with Gasteiger partial charge in [0.15, 0.2) is 0 Å². The number of rotatable bonds is 1. The van der Waals surface area contributed by atoms with Gasteiger partial charge in [-0.05, 0) is 36.3 Å². The third kappa shape index (κ3) is 1.83. The Morgan fingerprint density at radius 2 is 1.87 bits per heavy atom. The number of thiazole rings is 1. The van der Waals surface area contributed by atoms with Crippen LogP contribution >= 0.6 is 22.7 Å². The number of nitrogens with two attached hydrogens (primary N) is 1. The first-order valence-electron chi connectivity index (χ1n) is 7.01. The molecule has 2 N–H and O–H groups in total. The van der Waals surface area contributed by atoms with Crippen molar-refractivity contribution in [3.63, 3.8) is 0 Å². The summed E-state index contributed by atoms with van der Waals surface area (Å²) in [7, 11) is 0. The van der Waals surface area contributed by atoms with E-state index in [1.165, 1.54) is 22.7 Å². The van der Waals surface area contributed by atoms with Crippen molar-refractivity contribution in [2.24, 2.45) is 0 Å². The number of aryl methyl sites for hydroxylation is 2. The number of hydrogen-bond donors (Lipinski definition) is 1. The predicted molar refractivity (Wildman–Crippen MR) is 91.6 cm³/mol. The van der Waals surface area contributed by atoms with Crippen LogP contribution in [-0.2, 0) is 0 Å². The van der Waals surface area contributed by atoms with Crippen molar-refractivity contribution >= 4 is 37.9 Å². The zero-order valence-electron chi connectivity index (χ0n) is 12.5. The molecule has 3 heterocycles. The molecule has 0 saturated heterocycles. The topological polar surface area (TPSA) is 75.2 Å². The molecule has 0 aliphatic rings. The van der Waals surface area contributed by atoms with Gasteiger partial charge in [0.2, 0.25) is 4.83 Å². The third-order valence-corrected chi connectivity index (χ3v) is 6.40. The van der Waals surface area contributed by atoms with Gasteiger partial charge < -0.3 is 5.11 Å². The van der Waals surface area contributed by atoms with Gasteiger partial charge in [0.25, 0.3) is 0 Å². The first-order valence-corrected chi connectivity index (χ1v) is 8.64. The fraction of sp³-hybridized carbons (Fsp3) is 0.125. The number of fused-ring (bicyclic) bond motifs is 3. The summed E-state index contributed by atoms with van der Waals surface area (Å²) in [5, 5.41) is 13.5. The van der Waals surface area contributed by atoms with E-state index in [0.717, 1.165) is 20.7 Å². The molecule has 0 radical (unpaired) electrons. The zero-order valence-corrected chi connectivity index (χ0v) is 14.1. The lowest BCUT2D eigenvalue weighted by molar-refractivity contribution is -0.559. The van der Waals surface area contributed by atoms with Crippen LogP contribution in [0.15, 0.2) is 35.1 Å². The molecule has 0 fully saturated rings. The van der Waals surface area contributed by atoms with Crippen LogP contribution in [0, 0.1) is 13.8 Å². The summed E-state index contributed by atoms with van der Waals surface area (Å²) in [6.45, 7) is 3.83. The normalized spacial score (nSPS) is 11.6. The van der Waals surface area contributed by atoms with Gasteiger partial charge in [-0.2, -0.15) is 4.40 Å². The summed E-state index contributed by atoms with van der Waals surface area (Å²) >= 11 is 2.70. The van der Waals surface area contributed by atoms with Crippen LogP contribution in [-0.4, -0.2) is 4.68 Å². The van der Waals surface area contributed by atoms with Crippen LogP contribution in [0.2, 0.25) is 0 Å². The molecule has 0 atom stereocenters. The Morgan fingerprint density at radius 1 is 1.17 bits per heavy atom. The molecule has 0 saturated carbocycles. The molecule has 0 bridgehead atoms. The number of thiophene rings is 1. The number of nitrogen functional groups attached to an aromatic ring is 1. The van der Waals surface area contributed by atoms with Crippen LogP contribution in [0.5, 0.6) is 5.88 Å². The summed E-state index contributed by atoms with van der Waals surface area (Å²) < 4.78 is 2.65. The molecule has 0 amide bonds. The second kappa shape index (κ2) is 4.81. The molecule has 0 spiro atoms. The first-order chi connectivity index (χ1) is 11.0. The molecule has 3 aromatic heterocycles. The molecule has 0 aliphatic carbocycles. The maximum Gasteiger partial charge on any atom is 0.373 e. The van der Waals surface area contributed by atoms with Crippen LogP contribution in [0.1, 0.15) is 10.4 Å². The molecule has 4 rings (SSSR count). The smallest absolute Gasteiger partial charge is 0.373 e. The first kappa shape index (κ1) is 14.2. The fourth-order valence-corrected chi connectivity index (χ4v) is 4.97. The summed E-state index contributed by atoms with van der Waals surface area (Å²) in [4.78, 5) is 15.3. The number of aromatic nitrogens is 2. The fourth-order valence-electron chi connectivity index (χ4n) is 2.70. The van der Waals surface area contributed by atoms with Crippen molar-refractivity contribution in [2.45, 2.75) is 13.8 Å². The van der Waals surface area contributed by atoms with Gasteiger partial charge >= 0.3 is 10.5 Å². The lowest BCUT2D eigenvalue weighted by Gasteiger charge is -2.04. The van der Waals surface area contributed by atoms with Gasteiger partial charge in [0.1, 0.15) is 5.39 Å². The van der Waals surface area contributed by atoms with Crippen molar-refractivity contribution in [2.75, 3.05) is 5.84 Å². The Hall–Kier alpha value is -2.38. The molecular formula is C16H13N3O2S2. The minimum absolute atomic E-state index is 0.137. The van der Waals surface area contributed by atoms with Gasteiger partial charge in [0, 0.05) is 4.88 Å². The highest BCUT2D eigenvalue weighted by Gasteiger charge is 2.26. The van der Waals surface area contributed by atoms with E-state index in [9.17, 15) is 9.90 Å². The Balaban J connectivity index is 2.23. The molecule has 23 heavy (non-hydrogen) atoms. The van der Waals surface area contributed by atoms with Gasteiger partial charge in [-0.1, -0.05) is 46.3 Å². The lowest BCUT2D eigenvalue weighted by atomic mass is 10.2. The van der Waals surface area contributed by atoms with Crippen LogP contribution < -0.4 is 20.9 Å². The van der Waals surface area contributed by atoms with E-state index in [4.69, 9.17) is 5.84 Å². The van der Waals surface area contributed by atoms with Gasteiger partial charge in [-0.25, -0.2) is 4.79 Å². The highest BCUT2D eigenvalue weighted by Crippen LogP contribution is 2.34. The van der Waals surface area contributed by atoms with E-state index in [1.54, 1.807) is 4.40 Å². The van der Waals surface area contributed by atoms with Crippen LogP contribution in [0.25, 0.3) is 25.6 Å². The molecular weight excluding hydrogens is 330 g/mol. The molecule has 116 valence electrons. The molecule has 4 aromatic rings. The summed E-state index contributed by atoms with van der Waals surface area (Å²) in [6.07, 6.45) is 0. The van der Waals surface area contributed by atoms with E-state index in [0.29, 0.717) is 20.1 Å². The summed E-state index contributed by atoms with van der Waals surface area (Å²) in [6, 6.07) is 9.43. The number of hydrogen-bond acceptors (Lipinski definition) is 5. The lowest BCUT2D eigenvalue weighted by Crippen LogP contribution is -2.37. The Bertz CT molecular complexity index is 1120. The average molecular weight is 343 g/mol. The molecule has 5 nitrogen and oxygen atoms in total. The second-order valence-corrected chi connectivity index (χ2v) is 7.54. The monoisotopic (exact) mass is 343 g/mol. The van der Waals surface area contributed by atoms with E-state index in [-0.39, 0.29) is 11.4 Å². The van der Waals surface area contributed by atoms with Crippen molar-refractivity contribution in [3.8, 4) is 16.3 Å². The maximum atomic E-state index is 12.9. The van der Waals surface area contributed by atoms with Crippen molar-refractivity contribution in [1.29, 1.82) is 0 Å². The predicted octanol–water partition coefficient (Wildman–Crippen LogP) is 1.93. The van der Waals surface area contributed by atoms with E-state index in [1.807, 2.05) is 44.2 Å².